The van der Waals surface area contributed by atoms with Crippen LogP contribution in [0.4, 0.5) is 11.4 Å². The fraction of sp³-hybridized carbons (Fsp3) is 0.130. The van der Waals surface area contributed by atoms with Crippen molar-refractivity contribution < 1.29 is 8.42 Å². The molecule has 0 aliphatic carbocycles. The lowest BCUT2D eigenvalue weighted by Gasteiger charge is -2.19. The van der Waals surface area contributed by atoms with Crippen molar-refractivity contribution in [2.24, 2.45) is 0 Å². The molecule has 0 amide bonds. The van der Waals surface area contributed by atoms with E-state index in [0.29, 0.717) is 5.69 Å². The van der Waals surface area contributed by atoms with E-state index in [0.717, 1.165) is 29.5 Å². The Kier molecular flexibility index (Phi) is 4.69. The summed E-state index contributed by atoms with van der Waals surface area (Å²) in [6.07, 6.45) is 3.29. The Bertz CT molecular complexity index is 1170. The number of para-hydroxylation sites is 1. The number of sulfonamides is 1. The van der Waals surface area contributed by atoms with Gasteiger partial charge in [0, 0.05) is 30.5 Å². The summed E-state index contributed by atoms with van der Waals surface area (Å²) in [5.41, 5.74) is 7.43. The molecule has 0 unspecified atom stereocenters. The van der Waals surface area contributed by atoms with Gasteiger partial charge in [-0.2, -0.15) is 0 Å². The maximum absolute atomic E-state index is 11.6. The summed E-state index contributed by atoms with van der Waals surface area (Å²) in [7, 11) is -1.21. The van der Waals surface area contributed by atoms with Gasteiger partial charge in [-0.3, -0.25) is 4.72 Å². The zero-order valence-electron chi connectivity index (χ0n) is 15.9. The van der Waals surface area contributed by atoms with E-state index in [1.165, 1.54) is 16.8 Å². The van der Waals surface area contributed by atoms with Crippen molar-refractivity contribution in [3.8, 4) is 0 Å². The first kappa shape index (κ1) is 18.3. The van der Waals surface area contributed by atoms with Crippen molar-refractivity contribution in [3.63, 3.8) is 0 Å². The van der Waals surface area contributed by atoms with Crippen LogP contribution < -0.4 is 9.62 Å². The highest BCUT2D eigenvalue weighted by molar-refractivity contribution is 7.92. The molecule has 28 heavy (non-hydrogen) atoms. The number of hydrogen-bond acceptors (Lipinski definition) is 3. The summed E-state index contributed by atoms with van der Waals surface area (Å²) in [5.74, 6) is 0. The van der Waals surface area contributed by atoms with Crippen LogP contribution in [0.3, 0.4) is 0 Å². The van der Waals surface area contributed by atoms with Crippen molar-refractivity contribution in [3.05, 3.63) is 95.1 Å². The summed E-state index contributed by atoms with van der Waals surface area (Å²) in [5, 5.41) is 0. The Morgan fingerprint density at radius 2 is 1.64 bits per heavy atom. The van der Waals surface area contributed by atoms with Gasteiger partial charge in [0.05, 0.1) is 6.26 Å². The Morgan fingerprint density at radius 3 is 2.43 bits per heavy atom. The van der Waals surface area contributed by atoms with E-state index in [1.807, 2.05) is 18.2 Å². The fourth-order valence-electron chi connectivity index (χ4n) is 3.67. The predicted octanol–water partition coefficient (Wildman–Crippen LogP) is 4.60. The number of anilines is 2. The van der Waals surface area contributed by atoms with Gasteiger partial charge in [0.15, 0.2) is 0 Å². The molecule has 4 rings (SSSR count). The number of hydrogen-bond donors (Lipinski definition) is 1. The van der Waals surface area contributed by atoms with Gasteiger partial charge < -0.3 is 4.90 Å². The van der Waals surface area contributed by atoms with Crippen molar-refractivity contribution in [1.82, 2.24) is 0 Å². The molecule has 4 nitrogen and oxygen atoms in total. The molecular formula is C23H22N2O2S. The van der Waals surface area contributed by atoms with Gasteiger partial charge in [0.2, 0.25) is 10.0 Å². The number of nitrogens with zero attached hydrogens (tertiary/aromatic N) is 1. The first-order chi connectivity index (χ1) is 13.4. The van der Waals surface area contributed by atoms with Crippen LogP contribution in [0.5, 0.6) is 0 Å². The minimum Gasteiger partial charge on any atom is -0.370 e. The largest absolute Gasteiger partial charge is 0.370 e. The summed E-state index contributed by atoms with van der Waals surface area (Å²) in [6.45, 7) is 0.834. The molecule has 1 N–H and O–H groups in total. The zero-order chi connectivity index (χ0) is 19.7. The molecule has 0 spiro atoms. The van der Waals surface area contributed by atoms with Crippen LogP contribution >= 0.6 is 0 Å². The highest BCUT2D eigenvalue weighted by atomic mass is 32.2. The first-order valence-electron chi connectivity index (χ1n) is 9.09. The number of nitrogens with one attached hydrogen (secondary N) is 1. The third-order valence-corrected chi connectivity index (χ3v) is 5.43. The van der Waals surface area contributed by atoms with Crippen LogP contribution in [-0.4, -0.2) is 21.7 Å². The molecule has 0 fully saturated rings. The van der Waals surface area contributed by atoms with Crippen LogP contribution in [-0.2, 0) is 16.6 Å². The van der Waals surface area contributed by atoms with E-state index in [4.69, 9.17) is 0 Å². The first-order valence-corrected chi connectivity index (χ1v) is 11.0. The van der Waals surface area contributed by atoms with Crippen molar-refractivity contribution in [2.75, 3.05) is 22.9 Å². The van der Waals surface area contributed by atoms with Gasteiger partial charge in [0.25, 0.3) is 0 Å². The third-order valence-electron chi connectivity index (χ3n) is 4.82. The van der Waals surface area contributed by atoms with Gasteiger partial charge in [0.1, 0.15) is 0 Å². The highest BCUT2D eigenvalue weighted by Crippen LogP contribution is 2.38. The summed E-state index contributed by atoms with van der Waals surface area (Å²) in [4.78, 5) is 2.26. The van der Waals surface area contributed by atoms with Gasteiger partial charge in [-0.1, -0.05) is 54.6 Å². The van der Waals surface area contributed by atoms with Gasteiger partial charge in [-0.25, -0.2) is 8.42 Å². The van der Waals surface area contributed by atoms with E-state index in [1.54, 1.807) is 6.07 Å². The molecule has 3 aromatic carbocycles. The molecule has 3 aromatic rings. The topological polar surface area (TPSA) is 49.4 Å². The van der Waals surface area contributed by atoms with Crippen LogP contribution in [0.2, 0.25) is 0 Å². The Labute approximate surface area is 166 Å². The molecule has 1 aliphatic heterocycles. The highest BCUT2D eigenvalue weighted by Gasteiger charge is 2.20. The number of benzene rings is 3. The average Bonchev–Trinajstić information content (AvgIpc) is 2.76. The number of rotatable bonds is 3. The molecule has 142 valence electrons. The van der Waals surface area contributed by atoms with E-state index >= 15 is 0 Å². The quantitative estimate of drug-likeness (QED) is 0.711. The lowest BCUT2D eigenvalue weighted by atomic mass is 9.92. The fourth-order valence-corrected chi connectivity index (χ4v) is 4.22. The van der Waals surface area contributed by atoms with E-state index in [-0.39, 0.29) is 0 Å². The minimum absolute atomic E-state index is 0.559. The van der Waals surface area contributed by atoms with Gasteiger partial charge in [-0.05, 0) is 46.5 Å². The molecule has 0 bridgehead atoms. The van der Waals surface area contributed by atoms with Gasteiger partial charge in [-0.15, -0.1) is 0 Å². The van der Waals surface area contributed by atoms with Crippen molar-refractivity contribution >= 4 is 33.0 Å². The Balaban J connectivity index is 1.89. The molecule has 0 radical (unpaired) electrons. The van der Waals surface area contributed by atoms with Crippen LogP contribution in [0, 0.1) is 0 Å². The second kappa shape index (κ2) is 7.17. The number of fused-ring (bicyclic) bond motifs is 2. The Morgan fingerprint density at radius 1 is 0.929 bits per heavy atom. The summed E-state index contributed by atoms with van der Waals surface area (Å²) >= 11 is 0. The maximum Gasteiger partial charge on any atom is 0.229 e. The van der Waals surface area contributed by atoms with E-state index in [9.17, 15) is 8.42 Å². The van der Waals surface area contributed by atoms with Gasteiger partial charge >= 0.3 is 0 Å². The molecule has 0 saturated carbocycles. The van der Waals surface area contributed by atoms with Crippen molar-refractivity contribution in [2.45, 2.75) is 6.54 Å². The van der Waals surface area contributed by atoms with Crippen LogP contribution in [0.25, 0.3) is 11.6 Å². The second-order valence-corrected chi connectivity index (χ2v) is 8.84. The summed E-state index contributed by atoms with van der Waals surface area (Å²) in [6, 6.07) is 24.3. The zero-order valence-corrected chi connectivity index (χ0v) is 16.7. The molecule has 1 heterocycles. The lowest BCUT2D eigenvalue weighted by Crippen LogP contribution is -2.16. The Hall–Kier alpha value is -3.05. The van der Waals surface area contributed by atoms with E-state index in [2.05, 4.69) is 71.3 Å². The second-order valence-electron chi connectivity index (χ2n) is 7.09. The van der Waals surface area contributed by atoms with Crippen LogP contribution in [0.15, 0.2) is 72.8 Å². The molecule has 0 saturated heterocycles. The monoisotopic (exact) mass is 390 g/mol. The molecule has 0 atom stereocenters. The molecular weight excluding hydrogens is 368 g/mol. The van der Waals surface area contributed by atoms with Crippen molar-refractivity contribution in [1.29, 1.82) is 0 Å². The normalized spacial score (nSPS) is 14.9. The average molecular weight is 391 g/mol. The minimum atomic E-state index is -3.31. The summed E-state index contributed by atoms with van der Waals surface area (Å²) < 4.78 is 25.7. The SMILES string of the molecule is CN1Cc2ccccc2/C(=C\c2cccc(NS(C)(=O)=O)c2)c2ccccc21. The molecule has 0 aromatic heterocycles. The smallest absolute Gasteiger partial charge is 0.229 e. The standard InChI is InChI=1S/C23H22N2O2S/c1-25-16-18-9-3-4-11-20(18)22(21-12-5-6-13-23(21)25)15-17-8-7-10-19(14-17)24-28(2,26)27/h3-15,24H,16H2,1-2H3/b22-15+. The maximum atomic E-state index is 11.6. The van der Waals surface area contributed by atoms with E-state index < -0.39 is 10.0 Å². The third kappa shape index (κ3) is 3.80. The van der Waals surface area contributed by atoms with Crippen LogP contribution in [0.1, 0.15) is 22.3 Å². The lowest BCUT2D eigenvalue weighted by molar-refractivity contribution is 0.607. The molecule has 1 aliphatic rings. The predicted molar refractivity (Wildman–Crippen MR) is 117 cm³/mol. The molecule has 5 heteroatoms.